The lowest BCUT2D eigenvalue weighted by Crippen LogP contribution is -2.32. The predicted octanol–water partition coefficient (Wildman–Crippen LogP) is 2.38. The summed E-state index contributed by atoms with van der Waals surface area (Å²) in [7, 11) is 0. The molecule has 2 N–H and O–H groups in total. The van der Waals surface area contributed by atoms with Gasteiger partial charge in [0.25, 0.3) is 5.91 Å². The average molecular weight is 312 g/mol. The number of hydrogen-bond acceptors (Lipinski definition) is 5. The number of hydrogen-bond donors (Lipinski definition) is 2. The first-order valence-electron chi connectivity index (χ1n) is 7.81. The molecule has 0 aliphatic carbocycles. The first-order chi connectivity index (χ1) is 11.3. The van der Waals surface area contributed by atoms with Crippen molar-refractivity contribution < 1.29 is 9.53 Å². The molecule has 1 aliphatic rings. The predicted molar refractivity (Wildman–Crippen MR) is 87.6 cm³/mol. The number of carbonyl (C=O) groups excluding carboxylic acids is 1. The average Bonchev–Trinajstić information content (AvgIpc) is 2.62. The lowest BCUT2D eigenvalue weighted by molar-refractivity contribution is 0.0642. The van der Waals surface area contributed by atoms with Crippen molar-refractivity contribution in [3.05, 3.63) is 48.3 Å². The largest absolute Gasteiger partial charge is 0.381 e. The Bertz CT molecular complexity index is 625. The second kappa shape index (κ2) is 7.69. The molecule has 0 bridgehead atoms. The minimum atomic E-state index is -0.0426. The number of ether oxygens (including phenoxy) is 1. The zero-order valence-electron chi connectivity index (χ0n) is 12.9. The molecular weight excluding hydrogens is 292 g/mol. The summed E-state index contributed by atoms with van der Waals surface area (Å²) < 4.78 is 5.32. The lowest BCUT2D eigenvalue weighted by Gasteiger charge is -2.22. The molecule has 0 unspecified atom stereocenters. The highest BCUT2D eigenvalue weighted by molar-refractivity contribution is 5.94. The number of anilines is 2. The van der Waals surface area contributed by atoms with Crippen LogP contribution in [0, 0.1) is 5.92 Å². The van der Waals surface area contributed by atoms with Gasteiger partial charge >= 0.3 is 0 Å². The Kier molecular flexibility index (Phi) is 5.16. The van der Waals surface area contributed by atoms with E-state index in [-0.39, 0.29) is 5.91 Å². The number of rotatable bonds is 5. The van der Waals surface area contributed by atoms with Crippen LogP contribution >= 0.6 is 0 Å². The molecule has 0 radical (unpaired) electrons. The second-order valence-electron chi connectivity index (χ2n) is 5.54. The van der Waals surface area contributed by atoms with Crippen LogP contribution < -0.4 is 10.6 Å². The molecule has 0 saturated carbocycles. The van der Waals surface area contributed by atoms with Gasteiger partial charge in [-0.05, 0) is 49.1 Å². The Morgan fingerprint density at radius 2 is 1.83 bits per heavy atom. The van der Waals surface area contributed by atoms with Crippen LogP contribution in [0.15, 0.2) is 42.7 Å². The maximum atomic E-state index is 12.2. The summed E-state index contributed by atoms with van der Waals surface area (Å²) in [5, 5.41) is 6.08. The highest BCUT2D eigenvalue weighted by Gasteiger charge is 2.15. The van der Waals surface area contributed by atoms with E-state index >= 15 is 0 Å². The maximum Gasteiger partial charge on any atom is 0.251 e. The van der Waals surface area contributed by atoms with Crippen molar-refractivity contribution >= 4 is 17.5 Å². The van der Waals surface area contributed by atoms with Crippen molar-refractivity contribution in [1.82, 2.24) is 15.3 Å². The number of benzene rings is 1. The molecule has 0 spiro atoms. The van der Waals surface area contributed by atoms with E-state index in [4.69, 9.17) is 4.74 Å². The van der Waals surface area contributed by atoms with Gasteiger partial charge in [-0.15, -0.1) is 0 Å². The van der Waals surface area contributed by atoms with Crippen molar-refractivity contribution in [3.8, 4) is 0 Å². The van der Waals surface area contributed by atoms with Gasteiger partial charge in [0.05, 0.1) is 0 Å². The summed E-state index contributed by atoms with van der Waals surface area (Å²) >= 11 is 0. The van der Waals surface area contributed by atoms with Crippen LogP contribution in [0.5, 0.6) is 0 Å². The van der Waals surface area contributed by atoms with Crippen LogP contribution in [0.1, 0.15) is 23.2 Å². The fourth-order valence-corrected chi connectivity index (χ4v) is 2.49. The molecule has 1 fully saturated rings. The van der Waals surface area contributed by atoms with E-state index in [1.807, 2.05) is 12.1 Å². The summed E-state index contributed by atoms with van der Waals surface area (Å²) in [6, 6.07) is 9.05. The van der Waals surface area contributed by atoms with Gasteiger partial charge in [-0.1, -0.05) is 0 Å². The van der Waals surface area contributed by atoms with Crippen LogP contribution in [0.4, 0.5) is 11.6 Å². The van der Waals surface area contributed by atoms with Crippen molar-refractivity contribution in [3.63, 3.8) is 0 Å². The normalized spacial score (nSPS) is 15.1. The second-order valence-corrected chi connectivity index (χ2v) is 5.54. The fourth-order valence-electron chi connectivity index (χ4n) is 2.49. The monoisotopic (exact) mass is 312 g/mol. The summed E-state index contributed by atoms with van der Waals surface area (Å²) in [6.07, 6.45) is 5.38. The van der Waals surface area contributed by atoms with E-state index in [0.29, 0.717) is 24.0 Å². The zero-order valence-corrected chi connectivity index (χ0v) is 12.9. The van der Waals surface area contributed by atoms with Gasteiger partial charge in [0.1, 0.15) is 0 Å². The van der Waals surface area contributed by atoms with Gasteiger partial charge in [0, 0.05) is 43.4 Å². The van der Waals surface area contributed by atoms with E-state index < -0.39 is 0 Å². The van der Waals surface area contributed by atoms with Crippen LogP contribution in [-0.2, 0) is 4.74 Å². The van der Waals surface area contributed by atoms with Crippen molar-refractivity contribution in [1.29, 1.82) is 0 Å². The Labute approximate surface area is 135 Å². The molecule has 1 saturated heterocycles. The van der Waals surface area contributed by atoms with Crippen molar-refractivity contribution in [2.75, 3.05) is 25.1 Å². The molecule has 23 heavy (non-hydrogen) atoms. The Balaban J connectivity index is 1.52. The van der Waals surface area contributed by atoms with Crippen LogP contribution in [-0.4, -0.2) is 35.6 Å². The number of nitrogens with one attached hydrogen (secondary N) is 2. The number of nitrogens with zero attached hydrogens (tertiary/aromatic N) is 2. The number of carbonyl (C=O) groups is 1. The highest BCUT2D eigenvalue weighted by Crippen LogP contribution is 2.15. The van der Waals surface area contributed by atoms with Crippen molar-refractivity contribution in [2.45, 2.75) is 12.8 Å². The maximum absolute atomic E-state index is 12.2. The van der Waals surface area contributed by atoms with Gasteiger partial charge in [-0.25, -0.2) is 9.97 Å². The smallest absolute Gasteiger partial charge is 0.251 e. The molecular formula is C17H20N4O2. The molecule has 1 amide bonds. The fraction of sp³-hybridized carbons (Fsp3) is 0.353. The standard InChI is InChI=1S/C17H20N4O2/c22-16(20-12-13-6-10-23-11-7-13)14-2-4-15(5-3-14)21-17-18-8-1-9-19-17/h1-5,8-9,13H,6-7,10-12H2,(H,20,22)(H,18,19,21). The Hall–Kier alpha value is -2.47. The van der Waals surface area contributed by atoms with E-state index in [2.05, 4.69) is 20.6 Å². The van der Waals surface area contributed by atoms with Gasteiger partial charge in [-0.2, -0.15) is 0 Å². The molecule has 6 heteroatoms. The van der Waals surface area contributed by atoms with E-state index in [1.54, 1.807) is 30.6 Å². The minimum absolute atomic E-state index is 0.0426. The summed E-state index contributed by atoms with van der Waals surface area (Å²) in [4.78, 5) is 20.4. The molecule has 1 aromatic heterocycles. The molecule has 3 rings (SSSR count). The number of aromatic nitrogens is 2. The molecule has 1 aromatic carbocycles. The van der Waals surface area contributed by atoms with Crippen LogP contribution in [0.3, 0.4) is 0 Å². The SMILES string of the molecule is O=C(NCC1CCOCC1)c1ccc(Nc2ncccn2)cc1. The zero-order chi connectivity index (χ0) is 15.9. The summed E-state index contributed by atoms with van der Waals surface area (Å²) in [5.74, 6) is 1.01. The quantitative estimate of drug-likeness (QED) is 0.886. The first kappa shape index (κ1) is 15.4. The lowest BCUT2D eigenvalue weighted by atomic mass is 10.0. The van der Waals surface area contributed by atoms with Gasteiger partial charge < -0.3 is 15.4 Å². The third-order valence-corrected chi connectivity index (χ3v) is 3.86. The summed E-state index contributed by atoms with van der Waals surface area (Å²) in [5.41, 5.74) is 1.49. The van der Waals surface area contributed by atoms with Crippen molar-refractivity contribution in [2.24, 2.45) is 5.92 Å². The summed E-state index contributed by atoms with van der Waals surface area (Å²) in [6.45, 7) is 2.30. The molecule has 0 atom stereocenters. The first-order valence-corrected chi connectivity index (χ1v) is 7.81. The highest BCUT2D eigenvalue weighted by atomic mass is 16.5. The molecule has 120 valence electrons. The molecule has 1 aliphatic heterocycles. The van der Waals surface area contributed by atoms with Gasteiger partial charge in [-0.3, -0.25) is 4.79 Å². The van der Waals surface area contributed by atoms with Crippen LogP contribution in [0.2, 0.25) is 0 Å². The minimum Gasteiger partial charge on any atom is -0.381 e. The number of amides is 1. The van der Waals surface area contributed by atoms with Gasteiger partial charge in [0.15, 0.2) is 0 Å². The molecule has 2 aromatic rings. The third-order valence-electron chi connectivity index (χ3n) is 3.86. The topological polar surface area (TPSA) is 76.1 Å². The van der Waals surface area contributed by atoms with E-state index in [9.17, 15) is 4.79 Å². The van der Waals surface area contributed by atoms with E-state index in [0.717, 1.165) is 31.7 Å². The Morgan fingerprint density at radius 3 is 2.52 bits per heavy atom. The van der Waals surface area contributed by atoms with E-state index in [1.165, 1.54) is 0 Å². The van der Waals surface area contributed by atoms with Crippen LogP contribution in [0.25, 0.3) is 0 Å². The molecule has 6 nitrogen and oxygen atoms in total. The Morgan fingerprint density at radius 1 is 1.13 bits per heavy atom. The van der Waals surface area contributed by atoms with Gasteiger partial charge in [0.2, 0.25) is 5.95 Å². The third kappa shape index (κ3) is 4.50. The molecule has 2 heterocycles.